The molecule has 0 fully saturated rings. The Labute approximate surface area is 168 Å². The van der Waals surface area contributed by atoms with E-state index in [0.29, 0.717) is 0 Å². The standard InChI is InChI=1S/C15H26BrN3O6SSi/c1-15(2,3)27(4,5)25-9-10(8-20)18-14-12(16)6-11(26(17,23)24)7-13(14)19(21)22/h6-7,10,18,20H,8-9H2,1-5H3,(H2,17,23,24)/t10-/m0/s1. The van der Waals surface area contributed by atoms with Gasteiger partial charge in [-0.3, -0.25) is 10.1 Å². The van der Waals surface area contributed by atoms with Crippen molar-refractivity contribution in [3.63, 3.8) is 0 Å². The van der Waals surface area contributed by atoms with Crippen molar-refractivity contribution in [1.82, 2.24) is 0 Å². The number of anilines is 1. The molecule has 0 radical (unpaired) electrons. The molecule has 154 valence electrons. The third-order valence-corrected chi connectivity index (χ3v) is 10.6. The minimum Gasteiger partial charge on any atom is -0.415 e. The van der Waals surface area contributed by atoms with Gasteiger partial charge in [0.15, 0.2) is 8.32 Å². The van der Waals surface area contributed by atoms with Gasteiger partial charge in [-0.1, -0.05) is 20.8 Å². The number of nitrogens with two attached hydrogens (primary N) is 1. The lowest BCUT2D eigenvalue weighted by Crippen LogP contribution is -2.44. The number of aliphatic hydroxyl groups excluding tert-OH is 1. The van der Waals surface area contributed by atoms with E-state index >= 15 is 0 Å². The second-order valence-electron chi connectivity index (χ2n) is 7.70. The second-order valence-corrected chi connectivity index (χ2v) is 14.9. The van der Waals surface area contributed by atoms with Crippen LogP contribution in [-0.2, 0) is 14.4 Å². The molecule has 0 saturated carbocycles. The van der Waals surface area contributed by atoms with Gasteiger partial charge < -0.3 is 14.8 Å². The molecule has 1 aromatic rings. The van der Waals surface area contributed by atoms with Gasteiger partial charge in [0.2, 0.25) is 10.0 Å². The molecule has 0 heterocycles. The molecule has 9 nitrogen and oxygen atoms in total. The molecule has 1 rings (SSSR count). The van der Waals surface area contributed by atoms with Crippen LogP contribution in [0.3, 0.4) is 0 Å². The van der Waals surface area contributed by atoms with Crippen LogP contribution in [0.15, 0.2) is 21.5 Å². The summed E-state index contributed by atoms with van der Waals surface area (Å²) in [5.41, 5.74) is -0.426. The van der Waals surface area contributed by atoms with E-state index in [0.717, 1.165) is 6.07 Å². The molecule has 0 amide bonds. The monoisotopic (exact) mass is 483 g/mol. The number of rotatable bonds is 8. The van der Waals surface area contributed by atoms with Gasteiger partial charge in [0.1, 0.15) is 5.69 Å². The summed E-state index contributed by atoms with van der Waals surface area (Å²) in [5.74, 6) is 0. The van der Waals surface area contributed by atoms with Crippen LogP contribution in [0, 0.1) is 10.1 Å². The molecule has 0 aromatic heterocycles. The van der Waals surface area contributed by atoms with Crippen molar-refractivity contribution in [1.29, 1.82) is 0 Å². The van der Waals surface area contributed by atoms with Crippen molar-refractivity contribution in [2.24, 2.45) is 5.14 Å². The first-order valence-electron chi connectivity index (χ1n) is 8.12. The van der Waals surface area contributed by atoms with Crippen LogP contribution in [0.4, 0.5) is 11.4 Å². The van der Waals surface area contributed by atoms with Crippen LogP contribution in [0.25, 0.3) is 0 Å². The van der Waals surface area contributed by atoms with Gasteiger partial charge in [-0.2, -0.15) is 0 Å². The number of primary sulfonamides is 1. The Morgan fingerprint density at radius 1 is 1.41 bits per heavy atom. The number of nitrogens with zero attached hydrogens (tertiary/aromatic N) is 1. The number of nitrogens with one attached hydrogen (secondary N) is 1. The molecular weight excluding hydrogens is 458 g/mol. The van der Waals surface area contributed by atoms with Gasteiger partial charge >= 0.3 is 0 Å². The number of sulfonamides is 1. The molecule has 0 aliphatic rings. The number of hydrogen-bond acceptors (Lipinski definition) is 7. The van der Waals surface area contributed by atoms with Crippen LogP contribution in [0.2, 0.25) is 18.1 Å². The topological polar surface area (TPSA) is 145 Å². The van der Waals surface area contributed by atoms with Crippen LogP contribution in [0.5, 0.6) is 0 Å². The molecule has 1 atom stereocenters. The molecule has 0 bridgehead atoms. The lowest BCUT2D eigenvalue weighted by atomic mass is 10.2. The van der Waals surface area contributed by atoms with E-state index < -0.39 is 35.0 Å². The maximum Gasteiger partial charge on any atom is 0.294 e. The van der Waals surface area contributed by atoms with Crippen molar-refractivity contribution in [3.05, 3.63) is 26.7 Å². The predicted octanol–water partition coefficient (Wildman–Crippen LogP) is 2.80. The van der Waals surface area contributed by atoms with Crippen LogP contribution < -0.4 is 10.5 Å². The lowest BCUT2D eigenvalue weighted by Gasteiger charge is -2.37. The zero-order valence-electron chi connectivity index (χ0n) is 15.9. The molecule has 12 heteroatoms. The summed E-state index contributed by atoms with van der Waals surface area (Å²) in [7, 11) is -6.19. The fraction of sp³-hybridized carbons (Fsp3) is 0.600. The summed E-state index contributed by atoms with van der Waals surface area (Å²) in [5, 5.41) is 29.0. The van der Waals surface area contributed by atoms with E-state index in [4.69, 9.17) is 9.56 Å². The number of halogens is 1. The predicted molar refractivity (Wildman–Crippen MR) is 110 cm³/mol. The third kappa shape index (κ3) is 6.22. The molecule has 4 N–H and O–H groups in total. The first-order valence-corrected chi connectivity index (χ1v) is 13.4. The van der Waals surface area contributed by atoms with E-state index in [1.54, 1.807) is 0 Å². The Morgan fingerprint density at radius 2 is 1.96 bits per heavy atom. The fourth-order valence-electron chi connectivity index (χ4n) is 1.89. The van der Waals surface area contributed by atoms with Gasteiger partial charge in [-0.15, -0.1) is 0 Å². The summed E-state index contributed by atoms with van der Waals surface area (Å²) in [6.07, 6.45) is 0. The normalized spacial score (nSPS) is 14.1. The summed E-state index contributed by atoms with van der Waals surface area (Å²) >= 11 is 3.14. The van der Waals surface area contributed by atoms with E-state index in [9.17, 15) is 23.6 Å². The van der Waals surface area contributed by atoms with Crippen molar-refractivity contribution in [3.8, 4) is 0 Å². The maximum absolute atomic E-state index is 11.5. The first kappa shape index (κ1) is 24.0. The Hall–Kier alpha value is -1.05. The smallest absolute Gasteiger partial charge is 0.294 e. The van der Waals surface area contributed by atoms with Gasteiger partial charge in [-0.25, -0.2) is 13.6 Å². The largest absolute Gasteiger partial charge is 0.415 e. The number of nitro benzene ring substituents is 1. The Morgan fingerprint density at radius 3 is 2.37 bits per heavy atom. The zero-order valence-corrected chi connectivity index (χ0v) is 19.3. The van der Waals surface area contributed by atoms with Gasteiger partial charge in [0, 0.05) is 10.5 Å². The van der Waals surface area contributed by atoms with E-state index in [1.165, 1.54) is 6.07 Å². The quantitative estimate of drug-likeness (QED) is 0.292. The molecule has 0 saturated heterocycles. The molecule has 0 spiro atoms. The van der Waals surface area contributed by atoms with Crippen LogP contribution >= 0.6 is 15.9 Å². The van der Waals surface area contributed by atoms with Crippen molar-refractivity contribution >= 4 is 45.6 Å². The van der Waals surface area contributed by atoms with Crippen molar-refractivity contribution < 1.29 is 22.9 Å². The number of nitro groups is 1. The fourth-order valence-corrected chi connectivity index (χ4v) is 4.21. The van der Waals surface area contributed by atoms with E-state index in [1.807, 2.05) is 0 Å². The minimum absolute atomic E-state index is 0.0310. The summed E-state index contributed by atoms with van der Waals surface area (Å²) in [6.45, 7) is 10.2. The molecule has 0 aliphatic heterocycles. The highest BCUT2D eigenvalue weighted by molar-refractivity contribution is 9.10. The van der Waals surface area contributed by atoms with E-state index in [-0.39, 0.29) is 33.3 Å². The van der Waals surface area contributed by atoms with Gasteiger partial charge in [0.05, 0.1) is 29.1 Å². The van der Waals surface area contributed by atoms with E-state index in [2.05, 4.69) is 55.1 Å². The second kappa shape index (κ2) is 8.53. The highest BCUT2D eigenvalue weighted by atomic mass is 79.9. The molecule has 1 aromatic carbocycles. The summed E-state index contributed by atoms with van der Waals surface area (Å²) in [6, 6.07) is 1.44. The molecule has 0 unspecified atom stereocenters. The average molecular weight is 484 g/mol. The van der Waals surface area contributed by atoms with Crippen molar-refractivity contribution in [2.45, 2.75) is 49.8 Å². The Kier molecular flexibility index (Phi) is 7.58. The first-order chi connectivity index (χ1) is 12.1. The molecule has 27 heavy (non-hydrogen) atoms. The maximum atomic E-state index is 11.5. The molecular formula is C15H26BrN3O6SSi. The summed E-state index contributed by atoms with van der Waals surface area (Å²) < 4.78 is 29.2. The third-order valence-electron chi connectivity index (χ3n) is 4.59. The number of hydrogen-bond donors (Lipinski definition) is 3. The van der Waals surface area contributed by atoms with Crippen molar-refractivity contribution in [2.75, 3.05) is 18.5 Å². The van der Waals surface area contributed by atoms with Crippen LogP contribution in [0.1, 0.15) is 20.8 Å². The Balaban J connectivity index is 3.16. The number of benzene rings is 1. The molecule has 0 aliphatic carbocycles. The number of aliphatic hydroxyl groups is 1. The highest BCUT2D eigenvalue weighted by Crippen LogP contribution is 2.38. The zero-order chi connectivity index (χ0) is 21.2. The van der Waals surface area contributed by atoms with Crippen LogP contribution in [-0.4, -0.2) is 46.0 Å². The summed E-state index contributed by atoms with van der Waals surface area (Å²) in [4.78, 5) is 10.3. The van der Waals surface area contributed by atoms with Gasteiger partial charge in [-0.05, 0) is 40.1 Å². The average Bonchev–Trinajstić information content (AvgIpc) is 2.49. The lowest BCUT2D eigenvalue weighted by molar-refractivity contribution is -0.384. The minimum atomic E-state index is -4.11. The Bertz CT molecular complexity index is 811. The highest BCUT2D eigenvalue weighted by Gasteiger charge is 2.37. The SMILES string of the molecule is CC(C)(C)[Si](C)(C)OC[C@H](CO)Nc1c(Br)cc(S(N)(=O)=O)cc1[N+](=O)[O-]. The van der Waals surface area contributed by atoms with Gasteiger partial charge in [0.25, 0.3) is 5.69 Å².